The third-order valence-electron chi connectivity index (χ3n) is 2.92. The van der Waals surface area contributed by atoms with Gasteiger partial charge in [-0.2, -0.15) is 0 Å². The largest absolute Gasteiger partial charge is 0.343 e. The van der Waals surface area contributed by atoms with Crippen LogP contribution >= 0.6 is 11.6 Å². The van der Waals surface area contributed by atoms with Crippen molar-refractivity contribution >= 4 is 35.5 Å². The predicted octanol–water partition coefficient (Wildman–Crippen LogP) is 1.50. The van der Waals surface area contributed by atoms with Gasteiger partial charge in [0.2, 0.25) is 5.91 Å². The summed E-state index contributed by atoms with van der Waals surface area (Å²) in [5.41, 5.74) is 4.11. The van der Waals surface area contributed by atoms with Gasteiger partial charge in [-0.15, -0.1) is 0 Å². The summed E-state index contributed by atoms with van der Waals surface area (Å²) >= 11 is 6.08. The molecule has 1 aromatic rings. The molecule has 2 rings (SSSR count). The molecule has 1 aliphatic rings. The molecule has 0 unspecified atom stereocenters. The van der Waals surface area contributed by atoms with Gasteiger partial charge in [0.05, 0.1) is 0 Å². The first-order valence-electron chi connectivity index (χ1n) is 6.38. The Balaban J connectivity index is 1.97. The van der Waals surface area contributed by atoms with Crippen molar-refractivity contribution in [1.82, 2.24) is 15.8 Å². The van der Waals surface area contributed by atoms with Crippen LogP contribution in [0.4, 0.5) is 4.79 Å². The summed E-state index contributed by atoms with van der Waals surface area (Å²) in [5.74, 6) is -0.957. The van der Waals surface area contributed by atoms with E-state index in [4.69, 9.17) is 11.6 Å². The summed E-state index contributed by atoms with van der Waals surface area (Å²) in [7, 11) is 0. The Morgan fingerprint density at radius 1 is 1.48 bits per heavy atom. The fourth-order valence-corrected chi connectivity index (χ4v) is 2.15. The molecule has 0 atom stereocenters. The maximum Gasteiger partial charge on any atom is 0.343 e. The lowest BCUT2D eigenvalue weighted by Gasteiger charge is -2.12. The lowest BCUT2D eigenvalue weighted by molar-refractivity contribution is -0.121. The molecule has 1 heterocycles. The number of halogens is 1. The molecule has 0 aliphatic carbocycles. The SMILES string of the molecule is CCc1ccc(/C=C/C(=O)NN2CC(=O)NC2=O)cc1Cl. The van der Waals surface area contributed by atoms with Crippen molar-refractivity contribution in [3.63, 3.8) is 0 Å². The minimum absolute atomic E-state index is 0.185. The van der Waals surface area contributed by atoms with Gasteiger partial charge >= 0.3 is 6.03 Å². The first-order chi connectivity index (χ1) is 9.99. The molecule has 0 spiro atoms. The third-order valence-corrected chi connectivity index (χ3v) is 3.28. The highest BCUT2D eigenvalue weighted by molar-refractivity contribution is 6.31. The fraction of sp³-hybridized carbons (Fsp3) is 0.214. The maximum absolute atomic E-state index is 11.7. The van der Waals surface area contributed by atoms with Crippen molar-refractivity contribution in [2.75, 3.05) is 6.54 Å². The summed E-state index contributed by atoms with van der Waals surface area (Å²) < 4.78 is 0. The van der Waals surface area contributed by atoms with Crippen LogP contribution in [0.1, 0.15) is 18.1 Å². The van der Waals surface area contributed by atoms with Crippen LogP contribution in [-0.2, 0) is 16.0 Å². The van der Waals surface area contributed by atoms with E-state index in [1.165, 1.54) is 6.08 Å². The molecule has 1 fully saturated rings. The molecular weight excluding hydrogens is 294 g/mol. The van der Waals surface area contributed by atoms with Gasteiger partial charge in [0.1, 0.15) is 6.54 Å². The molecule has 1 aromatic carbocycles. The van der Waals surface area contributed by atoms with Crippen LogP contribution in [0.2, 0.25) is 5.02 Å². The minimum atomic E-state index is -0.642. The molecular formula is C14H14ClN3O3. The highest BCUT2D eigenvalue weighted by Gasteiger charge is 2.27. The smallest absolute Gasteiger partial charge is 0.275 e. The number of nitrogens with zero attached hydrogens (tertiary/aromatic N) is 1. The standard InChI is InChI=1S/C14H14ClN3O3/c1-2-10-5-3-9(7-11(10)15)4-6-12(19)17-18-8-13(20)16-14(18)21/h3-7H,2,8H2,1H3,(H,17,19)(H,16,20,21)/b6-4+. The summed E-state index contributed by atoms with van der Waals surface area (Å²) in [6, 6.07) is 4.86. The molecule has 0 bridgehead atoms. The summed E-state index contributed by atoms with van der Waals surface area (Å²) in [4.78, 5) is 33.9. The Labute approximate surface area is 126 Å². The van der Waals surface area contributed by atoms with Crippen molar-refractivity contribution in [1.29, 1.82) is 0 Å². The Hall–Kier alpha value is -2.34. The molecule has 2 N–H and O–H groups in total. The molecule has 21 heavy (non-hydrogen) atoms. The van der Waals surface area contributed by atoms with Crippen LogP contribution in [-0.4, -0.2) is 29.4 Å². The highest BCUT2D eigenvalue weighted by Crippen LogP contribution is 2.19. The van der Waals surface area contributed by atoms with E-state index in [-0.39, 0.29) is 6.54 Å². The van der Waals surface area contributed by atoms with E-state index in [0.717, 1.165) is 22.6 Å². The number of aryl methyl sites for hydroxylation is 1. The second kappa shape index (κ2) is 6.41. The molecule has 6 nitrogen and oxygen atoms in total. The van der Waals surface area contributed by atoms with Crippen molar-refractivity contribution in [2.45, 2.75) is 13.3 Å². The number of carbonyl (C=O) groups excluding carboxylic acids is 3. The first-order valence-corrected chi connectivity index (χ1v) is 6.76. The molecule has 0 aromatic heterocycles. The number of hydrogen-bond acceptors (Lipinski definition) is 3. The summed E-state index contributed by atoms with van der Waals surface area (Å²) in [6.45, 7) is 1.82. The average molecular weight is 308 g/mol. The Morgan fingerprint density at radius 2 is 2.24 bits per heavy atom. The van der Waals surface area contributed by atoms with Gasteiger partial charge in [-0.05, 0) is 29.7 Å². The maximum atomic E-state index is 11.7. The highest BCUT2D eigenvalue weighted by atomic mass is 35.5. The number of rotatable bonds is 4. The number of urea groups is 1. The van der Waals surface area contributed by atoms with E-state index in [9.17, 15) is 14.4 Å². The Bertz CT molecular complexity index is 628. The van der Waals surface area contributed by atoms with Crippen LogP contribution in [0.25, 0.3) is 6.08 Å². The molecule has 7 heteroatoms. The summed E-state index contributed by atoms with van der Waals surface area (Å²) in [5, 5.41) is 3.62. The number of carbonyl (C=O) groups is 3. The normalized spacial score (nSPS) is 14.7. The molecule has 1 saturated heterocycles. The summed E-state index contributed by atoms with van der Waals surface area (Å²) in [6.07, 6.45) is 3.69. The van der Waals surface area contributed by atoms with Crippen molar-refractivity contribution in [2.24, 2.45) is 0 Å². The quantitative estimate of drug-likeness (QED) is 0.653. The van der Waals surface area contributed by atoms with E-state index < -0.39 is 17.8 Å². The molecule has 0 radical (unpaired) electrons. The third kappa shape index (κ3) is 3.82. The topological polar surface area (TPSA) is 78.5 Å². The zero-order valence-electron chi connectivity index (χ0n) is 11.4. The van der Waals surface area contributed by atoms with E-state index >= 15 is 0 Å². The number of imide groups is 1. The van der Waals surface area contributed by atoms with Crippen molar-refractivity contribution in [3.05, 3.63) is 40.4 Å². The number of benzene rings is 1. The van der Waals surface area contributed by atoms with E-state index in [0.29, 0.717) is 5.02 Å². The molecule has 110 valence electrons. The van der Waals surface area contributed by atoms with Gasteiger partial charge in [-0.1, -0.05) is 30.7 Å². The molecule has 0 saturated carbocycles. The van der Waals surface area contributed by atoms with Gasteiger partial charge < -0.3 is 0 Å². The number of nitrogens with one attached hydrogen (secondary N) is 2. The average Bonchev–Trinajstić information content (AvgIpc) is 2.74. The number of hydrazine groups is 1. The predicted molar refractivity (Wildman–Crippen MR) is 78.3 cm³/mol. The van der Waals surface area contributed by atoms with Crippen LogP contribution in [0.15, 0.2) is 24.3 Å². The van der Waals surface area contributed by atoms with Crippen LogP contribution in [0.5, 0.6) is 0 Å². The lowest BCUT2D eigenvalue weighted by atomic mass is 10.1. The van der Waals surface area contributed by atoms with Crippen LogP contribution in [0, 0.1) is 0 Å². The number of hydrogen-bond donors (Lipinski definition) is 2. The second-order valence-electron chi connectivity index (χ2n) is 4.45. The lowest BCUT2D eigenvalue weighted by Crippen LogP contribution is -2.43. The zero-order chi connectivity index (χ0) is 15.4. The number of amides is 4. The van der Waals surface area contributed by atoms with Gasteiger partial charge in [-0.3, -0.25) is 20.3 Å². The Kier molecular flexibility index (Phi) is 4.59. The van der Waals surface area contributed by atoms with Crippen molar-refractivity contribution in [3.8, 4) is 0 Å². The van der Waals surface area contributed by atoms with E-state index in [1.54, 1.807) is 12.1 Å². The fourth-order valence-electron chi connectivity index (χ4n) is 1.83. The second-order valence-corrected chi connectivity index (χ2v) is 4.86. The van der Waals surface area contributed by atoms with E-state index in [1.807, 2.05) is 19.1 Å². The minimum Gasteiger partial charge on any atom is -0.275 e. The van der Waals surface area contributed by atoms with Gasteiger partial charge in [-0.25, -0.2) is 9.80 Å². The molecule has 1 aliphatic heterocycles. The van der Waals surface area contributed by atoms with E-state index in [2.05, 4.69) is 10.7 Å². The van der Waals surface area contributed by atoms with Gasteiger partial charge in [0, 0.05) is 11.1 Å². The van der Waals surface area contributed by atoms with Crippen LogP contribution < -0.4 is 10.7 Å². The van der Waals surface area contributed by atoms with Crippen LogP contribution in [0.3, 0.4) is 0 Å². The first kappa shape index (κ1) is 15.1. The Morgan fingerprint density at radius 3 is 2.81 bits per heavy atom. The van der Waals surface area contributed by atoms with Gasteiger partial charge in [0.15, 0.2) is 0 Å². The van der Waals surface area contributed by atoms with Gasteiger partial charge in [0.25, 0.3) is 5.91 Å². The van der Waals surface area contributed by atoms with Crippen molar-refractivity contribution < 1.29 is 14.4 Å². The monoisotopic (exact) mass is 307 g/mol. The zero-order valence-corrected chi connectivity index (χ0v) is 12.1. The molecule has 4 amide bonds.